The van der Waals surface area contributed by atoms with E-state index in [9.17, 15) is 4.79 Å². The molecular formula is C18H26N4O2. The van der Waals surface area contributed by atoms with Crippen molar-refractivity contribution < 1.29 is 9.21 Å². The van der Waals surface area contributed by atoms with Crippen LogP contribution >= 0.6 is 0 Å². The predicted molar refractivity (Wildman–Crippen MR) is 91.7 cm³/mol. The smallest absolute Gasteiger partial charge is 0.315 e. The van der Waals surface area contributed by atoms with Crippen molar-refractivity contribution in [3.63, 3.8) is 0 Å². The van der Waals surface area contributed by atoms with Gasteiger partial charge in [-0.25, -0.2) is 4.79 Å². The number of fused-ring (bicyclic) bond motifs is 1. The van der Waals surface area contributed by atoms with Crippen molar-refractivity contribution in [1.82, 2.24) is 20.8 Å². The number of aromatic nitrogens is 2. The average Bonchev–Trinajstić information content (AvgIpc) is 3.11. The molecule has 2 heterocycles. The number of amides is 2. The third-order valence-electron chi connectivity index (χ3n) is 4.54. The number of rotatable bonds is 3. The van der Waals surface area contributed by atoms with Gasteiger partial charge in [0.25, 0.3) is 0 Å². The number of carbonyl (C=O) groups is 1. The number of furan rings is 1. The summed E-state index contributed by atoms with van der Waals surface area (Å²) in [6.45, 7) is 8.18. The van der Waals surface area contributed by atoms with Gasteiger partial charge in [-0.15, -0.1) is 0 Å². The van der Waals surface area contributed by atoms with Crippen LogP contribution in [0.1, 0.15) is 56.0 Å². The SMILES string of the molecule is Cc1ccc([C@@H](NC(=O)N[C@@H]2CCc3[nH]ncc3C2)C(C)(C)C)o1. The third-order valence-corrected chi connectivity index (χ3v) is 4.54. The highest BCUT2D eigenvalue weighted by Crippen LogP contribution is 2.33. The minimum Gasteiger partial charge on any atom is -0.464 e. The number of hydrogen-bond donors (Lipinski definition) is 3. The molecule has 6 nitrogen and oxygen atoms in total. The predicted octanol–water partition coefficient (Wildman–Crippen LogP) is 3.26. The van der Waals surface area contributed by atoms with E-state index in [1.807, 2.05) is 25.3 Å². The molecule has 2 amide bonds. The fourth-order valence-corrected chi connectivity index (χ4v) is 3.22. The molecule has 2 aromatic heterocycles. The van der Waals surface area contributed by atoms with Gasteiger partial charge in [-0.05, 0) is 49.3 Å². The Labute approximate surface area is 142 Å². The number of aryl methyl sites for hydroxylation is 2. The minimum atomic E-state index is -0.181. The molecule has 2 atom stereocenters. The van der Waals surface area contributed by atoms with Crippen molar-refractivity contribution in [1.29, 1.82) is 0 Å². The Hall–Kier alpha value is -2.24. The Balaban J connectivity index is 1.64. The van der Waals surface area contributed by atoms with Crippen LogP contribution in [0.5, 0.6) is 0 Å². The maximum Gasteiger partial charge on any atom is 0.315 e. The molecule has 24 heavy (non-hydrogen) atoms. The minimum absolute atomic E-state index is 0.133. The first-order valence-corrected chi connectivity index (χ1v) is 8.47. The standard InChI is InChI=1S/C18H26N4O2/c1-11-5-8-15(24-11)16(18(2,3)4)21-17(23)20-13-6-7-14-12(9-13)10-19-22-14/h5,8,10,13,16H,6-7,9H2,1-4H3,(H,19,22)(H2,20,21,23)/t13-,16-/m1/s1. The molecule has 0 saturated carbocycles. The van der Waals surface area contributed by atoms with E-state index in [0.29, 0.717) is 0 Å². The summed E-state index contributed by atoms with van der Waals surface area (Å²) in [5, 5.41) is 13.3. The molecule has 0 spiro atoms. The highest BCUT2D eigenvalue weighted by Gasteiger charge is 2.31. The highest BCUT2D eigenvalue weighted by atomic mass is 16.3. The lowest BCUT2D eigenvalue weighted by Gasteiger charge is -2.31. The van der Waals surface area contributed by atoms with Crippen LogP contribution in [-0.4, -0.2) is 22.3 Å². The molecule has 0 aromatic carbocycles. The number of aromatic amines is 1. The van der Waals surface area contributed by atoms with Crippen LogP contribution in [0.15, 0.2) is 22.7 Å². The van der Waals surface area contributed by atoms with E-state index in [1.165, 1.54) is 11.3 Å². The van der Waals surface area contributed by atoms with Gasteiger partial charge in [-0.3, -0.25) is 5.10 Å². The van der Waals surface area contributed by atoms with Crippen molar-refractivity contribution in [2.24, 2.45) is 5.41 Å². The number of urea groups is 1. The van der Waals surface area contributed by atoms with Crippen molar-refractivity contribution in [2.45, 2.75) is 59.0 Å². The van der Waals surface area contributed by atoms with E-state index in [1.54, 1.807) is 0 Å². The summed E-state index contributed by atoms with van der Waals surface area (Å²) in [5.74, 6) is 1.64. The zero-order chi connectivity index (χ0) is 17.3. The van der Waals surface area contributed by atoms with Crippen molar-refractivity contribution >= 4 is 6.03 Å². The maximum absolute atomic E-state index is 12.5. The molecule has 0 radical (unpaired) electrons. The molecule has 3 N–H and O–H groups in total. The molecule has 0 saturated heterocycles. The van der Waals surface area contributed by atoms with E-state index in [-0.39, 0.29) is 23.5 Å². The summed E-state index contributed by atoms with van der Waals surface area (Å²) in [6, 6.07) is 3.66. The molecule has 1 aliphatic rings. The van der Waals surface area contributed by atoms with Crippen LogP contribution in [0.3, 0.4) is 0 Å². The summed E-state index contributed by atoms with van der Waals surface area (Å²) in [6.07, 6.45) is 4.51. The van der Waals surface area contributed by atoms with Gasteiger partial charge in [0.1, 0.15) is 11.5 Å². The molecule has 0 unspecified atom stereocenters. The fourth-order valence-electron chi connectivity index (χ4n) is 3.22. The molecule has 3 rings (SSSR count). The first-order valence-electron chi connectivity index (χ1n) is 8.47. The summed E-state index contributed by atoms with van der Waals surface area (Å²) in [5.41, 5.74) is 2.24. The Morgan fingerprint density at radius 3 is 2.88 bits per heavy atom. The molecular weight excluding hydrogens is 304 g/mol. The largest absolute Gasteiger partial charge is 0.464 e. The molecule has 2 aromatic rings. The molecule has 1 aliphatic carbocycles. The topological polar surface area (TPSA) is 83.0 Å². The van der Waals surface area contributed by atoms with Gasteiger partial charge in [0.05, 0.1) is 12.2 Å². The Morgan fingerprint density at radius 2 is 2.21 bits per heavy atom. The average molecular weight is 330 g/mol. The van der Waals surface area contributed by atoms with Crippen LogP contribution in [0.25, 0.3) is 0 Å². The van der Waals surface area contributed by atoms with Crippen molar-refractivity contribution in [2.75, 3.05) is 0 Å². The summed E-state index contributed by atoms with van der Waals surface area (Å²) >= 11 is 0. The van der Waals surface area contributed by atoms with E-state index in [4.69, 9.17) is 4.42 Å². The van der Waals surface area contributed by atoms with Crippen LogP contribution in [0.4, 0.5) is 4.79 Å². The van der Waals surface area contributed by atoms with E-state index in [2.05, 4.69) is 41.6 Å². The number of H-pyrrole nitrogens is 1. The van der Waals surface area contributed by atoms with Crippen LogP contribution < -0.4 is 10.6 Å². The van der Waals surface area contributed by atoms with Crippen LogP contribution in [0.2, 0.25) is 0 Å². The lowest BCUT2D eigenvalue weighted by Crippen LogP contribution is -2.47. The van der Waals surface area contributed by atoms with Gasteiger partial charge in [0, 0.05) is 11.7 Å². The highest BCUT2D eigenvalue weighted by molar-refractivity contribution is 5.75. The van der Waals surface area contributed by atoms with Gasteiger partial charge < -0.3 is 15.1 Å². The normalized spacial score (nSPS) is 18.8. The number of hydrogen-bond acceptors (Lipinski definition) is 3. The lowest BCUT2D eigenvalue weighted by atomic mass is 9.85. The Morgan fingerprint density at radius 1 is 1.42 bits per heavy atom. The number of nitrogens with one attached hydrogen (secondary N) is 3. The second kappa shape index (κ2) is 6.34. The quantitative estimate of drug-likeness (QED) is 0.808. The van der Waals surface area contributed by atoms with Crippen molar-refractivity contribution in [3.05, 3.63) is 41.1 Å². The van der Waals surface area contributed by atoms with E-state index in [0.717, 1.165) is 30.8 Å². The molecule has 6 heteroatoms. The second-order valence-corrected chi connectivity index (χ2v) is 7.68. The Bertz CT molecular complexity index is 711. The second-order valence-electron chi connectivity index (χ2n) is 7.68. The molecule has 130 valence electrons. The van der Waals surface area contributed by atoms with Crippen LogP contribution in [0, 0.1) is 12.3 Å². The maximum atomic E-state index is 12.5. The Kier molecular flexibility index (Phi) is 4.39. The summed E-state index contributed by atoms with van der Waals surface area (Å²) < 4.78 is 5.74. The molecule has 0 bridgehead atoms. The number of carbonyl (C=O) groups excluding carboxylic acids is 1. The summed E-state index contributed by atoms with van der Waals surface area (Å²) in [7, 11) is 0. The van der Waals surface area contributed by atoms with Crippen molar-refractivity contribution in [3.8, 4) is 0 Å². The zero-order valence-electron chi connectivity index (χ0n) is 14.8. The fraction of sp³-hybridized carbons (Fsp3) is 0.556. The van der Waals surface area contributed by atoms with Gasteiger partial charge in [0.2, 0.25) is 0 Å². The van der Waals surface area contributed by atoms with E-state index < -0.39 is 0 Å². The number of nitrogens with zero attached hydrogens (tertiary/aromatic N) is 1. The van der Waals surface area contributed by atoms with Gasteiger partial charge in [-0.1, -0.05) is 20.8 Å². The first-order chi connectivity index (χ1) is 11.3. The van der Waals surface area contributed by atoms with Gasteiger partial charge >= 0.3 is 6.03 Å². The zero-order valence-corrected chi connectivity index (χ0v) is 14.8. The molecule has 0 aliphatic heterocycles. The van der Waals surface area contributed by atoms with Gasteiger partial charge in [0.15, 0.2) is 0 Å². The monoisotopic (exact) mass is 330 g/mol. The molecule has 0 fully saturated rings. The summed E-state index contributed by atoms with van der Waals surface area (Å²) in [4.78, 5) is 12.5. The van der Waals surface area contributed by atoms with Crippen LogP contribution in [-0.2, 0) is 12.8 Å². The lowest BCUT2D eigenvalue weighted by molar-refractivity contribution is 0.203. The van der Waals surface area contributed by atoms with E-state index >= 15 is 0 Å². The van der Waals surface area contributed by atoms with Gasteiger partial charge in [-0.2, -0.15) is 5.10 Å². The third kappa shape index (κ3) is 3.63. The first kappa shape index (κ1) is 16.6.